The quantitative estimate of drug-likeness (QED) is 0.347. The zero-order valence-electron chi connectivity index (χ0n) is 22.6. The second-order valence-electron chi connectivity index (χ2n) is 10.7. The van der Waals surface area contributed by atoms with Gasteiger partial charge in [0.15, 0.2) is 0 Å². The molecule has 39 heavy (non-hydrogen) atoms. The van der Waals surface area contributed by atoms with Crippen LogP contribution >= 0.6 is 11.6 Å². The number of nitrogens with zero attached hydrogens (tertiary/aromatic N) is 2. The number of carbonyl (C=O) groups is 3. The molecule has 3 N–H and O–H groups in total. The number of aryl methyl sites for hydroxylation is 1. The first-order chi connectivity index (χ1) is 18.5. The van der Waals surface area contributed by atoms with Crippen LogP contribution < -0.4 is 16.0 Å². The second kappa shape index (κ2) is 11.9. The molecule has 2 unspecified atom stereocenters. The molecule has 2 aromatic carbocycles. The molecule has 1 heterocycles. The number of nitrogens with one attached hydrogen (secondary N) is 3. The number of rotatable bonds is 6. The first-order valence-electron chi connectivity index (χ1n) is 13.0. The van der Waals surface area contributed by atoms with Crippen LogP contribution in [0.15, 0.2) is 54.6 Å². The van der Waals surface area contributed by atoms with E-state index in [4.69, 9.17) is 16.3 Å². The molecule has 2 atom stereocenters. The van der Waals surface area contributed by atoms with E-state index in [0.29, 0.717) is 34.2 Å². The number of hydrogen-bond donors (Lipinski definition) is 3. The Balaban J connectivity index is 1.35. The van der Waals surface area contributed by atoms with Crippen molar-refractivity contribution < 1.29 is 19.1 Å². The summed E-state index contributed by atoms with van der Waals surface area (Å²) in [5, 5.41) is 13.7. The fraction of sp³-hybridized carbons (Fsp3) is 0.379. The van der Waals surface area contributed by atoms with Crippen LogP contribution in [0.25, 0.3) is 11.3 Å². The van der Waals surface area contributed by atoms with E-state index < -0.39 is 11.7 Å². The van der Waals surface area contributed by atoms with Gasteiger partial charge in [0.25, 0.3) is 5.91 Å². The summed E-state index contributed by atoms with van der Waals surface area (Å²) < 4.78 is 6.98. The average Bonchev–Trinajstić information content (AvgIpc) is 3.23. The molecule has 206 valence electrons. The van der Waals surface area contributed by atoms with E-state index in [1.54, 1.807) is 48.1 Å². The highest BCUT2D eigenvalue weighted by Gasteiger charge is 2.30. The Morgan fingerprint density at radius 1 is 1.03 bits per heavy atom. The Morgan fingerprint density at radius 2 is 1.74 bits per heavy atom. The van der Waals surface area contributed by atoms with E-state index in [-0.39, 0.29) is 23.8 Å². The molecule has 1 aliphatic carbocycles. The third kappa shape index (κ3) is 7.60. The first kappa shape index (κ1) is 28.2. The monoisotopic (exact) mass is 551 g/mol. The van der Waals surface area contributed by atoms with Crippen LogP contribution in [0.4, 0.5) is 16.3 Å². The van der Waals surface area contributed by atoms with Gasteiger partial charge in [-0.05, 0) is 64.3 Å². The molecule has 10 heteroatoms. The van der Waals surface area contributed by atoms with E-state index in [0.717, 1.165) is 24.8 Å². The van der Waals surface area contributed by atoms with Crippen LogP contribution in [0.2, 0.25) is 5.02 Å². The summed E-state index contributed by atoms with van der Waals surface area (Å²) in [5.41, 5.74) is 1.97. The number of alkyl carbamates (subject to hydrolysis) is 1. The van der Waals surface area contributed by atoms with Gasteiger partial charge in [0.1, 0.15) is 11.4 Å². The number of hydrogen-bond acceptors (Lipinski definition) is 5. The summed E-state index contributed by atoms with van der Waals surface area (Å²) in [4.78, 5) is 37.7. The van der Waals surface area contributed by atoms with Gasteiger partial charge in [0.2, 0.25) is 5.91 Å². The number of benzene rings is 2. The van der Waals surface area contributed by atoms with Crippen molar-refractivity contribution in [1.82, 2.24) is 15.1 Å². The molecule has 1 saturated carbocycles. The van der Waals surface area contributed by atoms with Gasteiger partial charge in [-0.3, -0.25) is 14.3 Å². The molecular formula is C29H34ClN5O4. The number of carbonyl (C=O) groups excluding carboxylic acids is 3. The molecule has 0 radical (unpaired) electrons. The van der Waals surface area contributed by atoms with Crippen LogP contribution in [0.5, 0.6) is 0 Å². The third-order valence-electron chi connectivity index (χ3n) is 6.45. The predicted molar refractivity (Wildman–Crippen MR) is 152 cm³/mol. The number of ether oxygens (including phenoxy) is 1. The van der Waals surface area contributed by atoms with Gasteiger partial charge in [-0.1, -0.05) is 42.3 Å². The van der Waals surface area contributed by atoms with Crippen LogP contribution in [0.1, 0.15) is 56.8 Å². The molecular weight excluding hydrogens is 518 g/mol. The Bertz CT molecular complexity index is 1350. The van der Waals surface area contributed by atoms with Gasteiger partial charge >= 0.3 is 6.09 Å². The number of aromatic nitrogens is 2. The highest BCUT2D eigenvalue weighted by Crippen LogP contribution is 2.28. The van der Waals surface area contributed by atoms with E-state index in [2.05, 4.69) is 21.0 Å². The lowest BCUT2D eigenvalue weighted by molar-refractivity contribution is -0.121. The maximum absolute atomic E-state index is 13.1. The average molecular weight is 552 g/mol. The molecule has 0 spiro atoms. The molecule has 3 aromatic rings. The zero-order chi connectivity index (χ0) is 28.2. The Hall–Kier alpha value is -3.85. The Labute approximate surface area is 233 Å². The van der Waals surface area contributed by atoms with Crippen molar-refractivity contribution in [2.45, 2.75) is 58.1 Å². The minimum absolute atomic E-state index is 0.0992. The van der Waals surface area contributed by atoms with Gasteiger partial charge in [0.05, 0.1) is 16.3 Å². The van der Waals surface area contributed by atoms with E-state index >= 15 is 0 Å². The van der Waals surface area contributed by atoms with Crippen LogP contribution in [0, 0.1) is 5.92 Å². The highest BCUT2D eigenvalue weighted by atomic mass is 35.5. The summed E-state index contributed by atoms with van der Waals surface area (Å²) in [6.07, 6.45) is 2.50. The van der Waals surface area contributed by atoms with Crippen LogP contribution in [0.3, 0.4) is 0 Å². The van der Waals surface area contributed by atoms with Gasteiger partial charge in [-0.15, -0.1) is 0 Å². The van der Waals surface area contributed by atoms with Crippen molar-refractivity contribution in [1.29, 1.82) is 0 Å². The molecule has 9 nitrogen and oxygen atoms in total. The van der Waals surface area contributed by atoms with E-state index in [1.165, 1.54) is 0 Å². The molecule has 1 fully saturated rings. The molecule has 4 rings (SSSR count). The summed E-state index contributed by atoms with van der Waals surface area (Å²) in [5.74, 6) is -0.0355. The summed E-state index contributed by atoms with van der Waals surface area (Å²) >= 11 is 6.12. The molecule has 1 aliphatic rings. The van der Waals surface area contributed by atoms with Crippen molar-refractivity contribution in [2.75, 3.05) is 10.6 Å². The lowest BCUT2D eigenvalue weighted by atomic mass is 9.85. The van der Waals surface area contributed by atoms with Crippen molar-refractivity contribution in [3.63, 3.8) is 0 Å². The fourth-order valence-electron chi connectivity index (χ4n) is 4.55. The standard InChI is InChI=1S/C29H34ClN5O4/c1-29(2,3)39-28(38)32-21-9-7-8-19(16-21)26(36)33-25-17-24(34-35(25)4)18-12-14-20(15-13-18)31-27(37)22-10-5-6-11-23(22)30/h5-6,10-15,17,19,21H,7-9,16H2,1-4H3,(H,31,37)(H,32,38)(H,33,36). The molecule has 0 aliphatic heterocycles. The highest BCUT2D eigenvalue weighted by molar-refractivity contribution is 6.34. The first-order valence-corrected chi connectivity index (χ1v) is 13.4. The van der Waals surface area contributed by atoms with Crippen LogP contribution in [-0.4, -0.2) is 39.3 Å². The molecule has 0 bridgehead atoms. The molecule has 0 saturated heterocycles. The van der Waals surface area contributed by atoms with Crippen molar-refractivity contribution in [3.05, 3.63) is 65.2 Å². The SMILES string of the molecule is Cn1nc(-c2ccc(NC(=O)c3ccccc3Cl)cc2)cc1NC(=O)C1CCCC(NC(=O)OC(C)(C)C)C1. The van der Waals surface area contributed by atoms with Crippen LogP contribution in [-0.2, 0) is 16.6 Å². The van der Waals surface area contributed by atoms with Gasteiger partial charge in [-0.25, -0.2) is 4.79 Å². The zero-order valence-corrected chi connectivity index (χ0v) is 23.3. The van der Waals surface area contributed by atoms with Gasteiger partial charge in [0, 0.05) is 36.3 Å². The topological polar surface area (TPSA) is 114 Å². The van der Waals surface area contributed by atoms with Gasteiger partial charge in [-0.2, -0.15) is 5.10 Å². The van der Waals surface area contributed by atoms with Crippen molar-refractivity contribution in [2.24, 2.45) is 13.0 Å². The Kier molecular flexibility index (Phi) is 8.60. The summed E-state index contributed by atoms with van der Waals surface area (Å²) in [6.45, 7) is 5.46. The van der Waals surface area contributed by atoms with Gasteiger partial charge < -0.3 is 20.7 Å². The number of halogens is 1. The smallest absolute Gasteiger partial charge is 0.407 e. The van der Waals surface area contributed by atoms with E-state index in [9.17, 15) is 14.4 Å². The maximum atomic E-state index is 13.1. The maximum Gasteiger partial charge on any atom is 0.407 e. The molecule has 3 amide bonds. The summed E-state index contributed by atoms with van der Waals surface area (Å²) in [7, 11) is 1.77. The van der Waals surface area contributed by atoms with Crippen molar-refractivity contribution in [3.8, 4) is 11.3 Å². The summed E-state index contributed by atoms with van der Waals surface area (Å²) in [6, 6.07) is 15.9. The van der Waals surface area contributed by atoms with Crippen molar-refractivity contribution >= 4 is 41.0 Å². The largest absolute Gasteiger partial charge is 0.444 e. The predicted octanol–water partition coefficient (Wildman–Crippen LogP) is 6.01. The molecule has 1 aromatic heterocycles. The lowest BCUT2D eigenvalue weighted by Gasteiger charge is -2.30. The van der Waals surface area contributed by atoms with E-state index in [1.807, 2.05) is 39.0 Å². The third-order valence-corrected chi connectivity index (χ3v) is 6.78. The fourth-order valence-corrected chi connectivity index (χ4v) is 4.78. The number of anilines is 2. The minimum Gasteiger partial charge on any atom is -0.444 e. The second-order valence-corrected chi connectivity index (χ2v) is 11.2. The lowest BCUT2D eigenvalue weighted by Crippen LogP contribution is -2.43. The Morgan fingerprint density at radius 3 is 2.44 bits per heavy atom. The minimum atomic E-state index is -0.572. The normalized spacial score (nSPS) is 17.3. The number of amides is 3.